The second-order valence-corrected chi connectivity index (χ2v) is 5.78. The molecule has 1 amide bonds. The molecule has 3 rings (SSSR count). The molecule has 0 saturated carbocycles. The number of anilines is 1. The number of aromatic nitrogens is 2. The van der Waals surface area contributed by atoms with Crippen molar-refractivity contribution in [2.45, 2.75) is 13.0 Å². The zero-order valence-corrected chi connectivity index (χ0v) is 13.0. The van der Waals surface area contributed by atoms with Crippen LogP contribution in [0.3, 0.4) is 0 Å². The van der Waals surface area contributed by atoms with Crippen molar-refractivity contribution < 1.29 is 18.0 Å². The number of halogens is 2. The van der Waals surface area contributed by atoms with Crippen molar-refractivity contribution in [2.75, 3.05) is 5.32 Å². The number of carbonyl (C=O) groups is 1. The van der Waals surface area contributed by atoms with Crippen molar-refractivity contribution in [3.8, 4) is 10.8 Å². The average molecular weight is 351 g/mol. The Kier molecular flexibility index (Phi) is 4.52. The van der Waals surface area contributed by atoms with E-state index in [1.165, 1.54) is 11.3 Å². The summed E-state index contributed by atoms with van der Waals surface area (Å²) >= 11 is 1.37. The van der Waals surface area contributed by atoms with E-state index >= 15 is 0 Å². The minimum absolute atomic E-state index is 0.00396. The van der Waals surface area contributed by atoms with Gasteiger partial charge in [0, 0.05) is 18.2 Å². The molecule has 3 aromatic rings. The van der Waals surface area contributed by atoms with Crippen molar-refractivity contribution in [3.63, 3.8) is 0 Å². The highest BCUT2D eigenvalue weighted by molar-refractivity contribution is 7.13. The molecule has 0 spiro atoms. The van der Waals surface area contributed by atoms with Gasteiger partial charge in [-0.3, -0.25) is 4.79 Å². The van der Waals surface area contributed by atoms with E-state index in [9.17, 15) is 18.4 Å². The summed E-state index contributed by atoms with van der Waals surface area (Å²) in [5, 5.41) is 8.18. The van der Waals surface area contributed by atoms with Gasteiger partial charge in [-0.1, -0.05) is 6.07 Å². The molecule has 0 fully saturated rings. The number of thiophene rings is 1. The molecule has 1 N–H and O–H groups in total. The highest BCUT2D eigenvalue weighted by Crippen LogP contribution is 2.21. The summed E-state index contributed by atoms with van der Waals surface area (Å²) in [5.74, 6) is -2.59. The first kappa shape index (κ1) is 16.1. The average Bonchev–Trinajstić information content (AvgIpc) is 3.13. The second-order valence-electron chi connectivity index (χ2n) is 4.83. The molecule has 6 nitrogen and oxygen atoms in total. The molecule has 0 bridgehead atoms. The Labute approximate surface area is 138 Å². The van der Waals surface area contributed by atoms with Crippen molar-refractivity contribution in [2.24, 2.45) is 0 Å². The number of nitrogens with one attached hydrogen (secondary N) is 1. The number of aryl methyl sites for hydroxylation is 1. The van der Waals surface area contributed by atoms with E-state index in [0.29, 0.717) is 10.9 Å². The molecular formula is C15H11F2N3O3S. The van der Waals surface area contributed by atoms with Crippen LogP contribution < -0.4 is 11.1 Å². The van der Waals surface area contributed by atoms with Crippen LogP contribution in [0.4, 0.5) is 14.5 Å². The Morgan fingerprint density at radius 1 is 1.29 bits per heavy atom. The largest absolute Gasteiger partial charge is 0.437 e. The summed E-state index contributed by atoms with van der Waals surface area (Å²) in [6.07, 6.45) is -0.103. The lowest BCUT2D eigenvalue weighted by molar-refractivity contribution is -0.116. The third-order valence-electron chi connectivity index (χ3n) is 3.04. The summed E-state index contributed by atoms with van der Waals surface area (Å²) in [5.41, 5.74) is 0.00396. The summed E-state index contributed by atoms with van der Waals surface area (Å²) in [4.78, 5) is 24.2. The molecule has 0 radical (unpaired) electrons. The van der Waals surface area contributed by atoms with Crippen LogP contribution in [0.1, 0.15) is 6.42 Å². The predicted molar refractivity (Wildman–Crippen MR) is 83.7 cm³/mol. The van der Waals surface area contributed by atoms with E-state index in [1.807, 2.05) is 5.38 Å². The minimum atomic E-state index is -0.793. The number of nitrogens with zero attached hydrogens (tertiary/aromatic N) is 2. The maximum absolute atomic E-state index is 13.1. The SMILES string of the molecule is O=C(CCn1nc(-c2cccs2)oc1=O)Nc1cc(F)cc(F)c1. The van der Waals surface area contributed by atoms with Gasteiger partial charge in [0.1, 0.15) is 11.6 Å². The molecule has 0 atom stereocenters. The van der Waals surface area contributed by atoms with Gasteiger partial charge in [-0.15, -0.1) is 16.4 Å². The molecule has 124 valence electrons. The third-order valence-corrected chi connectivity index (χ3v) is 3.89. The Hall–Kier alpha value is -2.81. The van der Waals surface area contributed by atoms with E-state index in [1.54, 1.807) is 12.1 Å². The molecule has 0 saturated heterocycles. The van der Waals surface area contributed by atoms with Crippen molar-refractivity contribution in [3.05, 3.63) is 57.9 Å². The number of benzene rings is 1. The van der Waals surface area contributed by atoms with Crippen LogP contribution in [-0.4, -0.2) is 15.7 Å². The number of carbonyl (C=O) groups excluding carboxylic acids is 1. The highest BCUT2D eigenvalue weighted by Gasteiger charge is 2.12. The summed E-state index contributed by atoms with van der Waals surface area (Å²) in [6, 6.07) is 6.25. The fraction of sp³-hybridized carbons (Fsp3) is 0.133. The van der Waals surface area contributed by atoms with Crippen LogP contribution >= 0.6 is 11.3 Å². The van der Waals surface area contributed by atoms with E-state index in [2.05, 4.69) is 10.4 Å². The van der Waals surface area contributed by atoms with Crippen molar-refractivity contribution in [1.29, 1.82) is 0 Å². The fourth-order valence-electron chi connectivity index (χ4n) is 2.00. The zero-order valence-electron chi connectivity index (χ0n) is 12.2. The van der Waals surface area contributed by atoms with Gasteiger partial charge < -0.3 is 9.73 Å². The first-order valence-electron chi connectivity index (χ1n) is 6.89. The lowest BCUT2D eigenvalue weighted by Crippen LogP contribution is -2.21. The number of hydrogen-bond acceptors (Lipinski definition) is 5. The summed E-state index contributed by atoms with van der Waals surface area (Å²) in [7, 11) is 0. The van der Waals surface area contributed by atoms with Crippen molar-refractivity contribution in [1.82, 2.24) is 9.78 Å². The zero-order chi connectivity index (χ0) is 17.1. The monoisotopic (exact) mass is 351 g/mol. The van der Waals surface area contributed by atoms with Gasteiger partial charge >= 0.3 is 5.76 Å². The molecule has 0 aliphatic carbocycles. The third kappa shape index (κ3) is 3.74. The lowest BCUT2D eigenvalue weighted by atomic mass is 10.3. The number of hydrogen-bond donors (Lipinski definition) is 1. The van der Waals surface area contributed by atoms with Gasteiger partial charge in [0.2, 0.25) is 5.91 Å². The van der Waals surface area contributed by atoms with E-state index in [-0.39, 0.29) is 24.5 Å². The molecule has 0 aliphatic heterocycles. The van der Waals surface area contributed by atoms with E-state index in [0.717, 1.165) is 16.8 Å². The molecule has 0 unspecified atom stereocenters. The maximum Gasteiger partial charge on any atom is 0.437 e. The van der Waals surface area contributed by atoms with Gasteiger partial charge in [0.05, 0.1) is 11.4 Å². The molecule has 2 aromatic heterocycles. The molecule has 24 heavy (non-hydrogen) atoms. The van der Waals surface area contributed by atoms with Crippen molar-refractivity contribution >= 4 is 22.9 Å². The number of rotatable bonds is 5. The van der Waals surface area contributed by atoms with Gasteiger partial charge in [-0.25, -0.2) is 13.6 Å². The van der Waals surface area contributed by atoms with Crippen LogP contribution in [0.25, 0.3) is 10.8 Å². The minimum Gasteiger partial charge on any atom is -0.387 e. The maximum atomic E-state index is 13.1. The van der Waals surface area contributed by atoms with Gasteiger partial charge in [0.15, 0.2) is 0 Å². The molecule has 1 aromatic carbocycles. The van der Waals surface area contributed by atoms with Crippen LogP contribution in [-0.2, 0) is 11.3 Å². The standard InChI is InChI=1S/C15H11F2N3O3S/c16-9-6-10(17)8-11(7-9)18-13(21)3-4-20-15(22)23-14(19-20)12-2-1-5-24-12/h1-2,5-8H,3-4H2,(H,18,21). The summed E-state index contributed by atoms with van der Waals surface area (Å²) < 4.78 is 32.2. The molecule has 9 heteroatoms. The predicted octanol–water partition coefficient (Wildman–Crippen LogP) is 2.87. The van der Waals surface area contributed by atoms with Gasteiger partial charge in [-0.05, 0) is 23.6 Å². The first-order valence-corrected chi connectivity index (χ1v) is 7.77. The Bertz CT molecular complexity index is 898. The van der Waals surface area contributed by atoms with Gasteiger partial charge in [0.25, 0.3) is 5.89 Å². The second kappa shape index (κ2) is 6.75. The Morgan fingerprint density at radius 3 is 2.71 bits per heavy atom. The number of amides is 1. The van der Waals surface area contributed by atoms with Crippen LogP contribution in [0, 0.1) is 11.6 Å². The van der Waals surface area contributed by atoms with E-state index in [4.69, 9.17) is 4.42 Å². The van der Waals surface area contributed by atoms with Crippen LogP contribution in [0.5, 0.6) is 0 Å². The Balaban J connectivity index is 1.63. The topological polar surface area (TPSA) is 77.1 Å². The first-order chi connectivity index (χ1) is 11.5. The molecular weight excluding hydrogens is 340 g/mol. The Morgan fingerprint density at radius 2 is 2.04 bits per heavy atom. The highest BCUT2D eigenvalue weighted by atomic mass is 32.1. The van der Waals surface area contributed by atoms with E-state index < -0.39 is 23.3 Å². The van der Waals surface area contributed by atoms with Crippen LogP contribution in [0.15, 0.2) is 44.9 Å². The van der Waals surface area contributed by atoms with Gasteiger partial charge in [-0.2, -0.15) is 4.68 Å². The normalized spacial score (nSPS) is 10.8. The summed E-state index contributed by atoms with van der Waals surface area (Å²) in [6.45, 7) is -0.0165. The fourth-order valence-corrected chi connectivity index (χ4v) is 2.65. The molecule has 2 heterocycles. The smallest absolute Gasteiger partial charge is 0.387 e. The quantitative estimate of drug-likeness (QED) is 0.767. The van der Waals surface area contributed by atoms with Crippen LogP contribution in [0.2, 0.25) is 0 Å². The lowest BCUT2D eigenvalue weighted by Gasteiger charge is -2.05. The molecule has 0 aliphatic rings.